The number of rotatable bonds is 4. The van der Waals surface area contributed by atoms with E-state index in [0.717, 1.165) is 12.5 Å². The van der Waals surface area contributed by atoms with Gasteiger partial charge in [0, 0.05) is 18.7 Å². The molecule has 2 nitrogen and oxygen atoms in total. The molecule has 1 fully saturated rings. The summed E-state index contributed by atoms with van der Waals surface area (Å²) in [4.78, 5) is 2.14. The summed E-state index contributed by atoms with van der Waals surface area (Å²) in [6, 6.07) is 6.59. The summed E-state index contributed by atoms with van der Waals surface area (Å²) in [6.07, 6.45) is 3.92. The molecular weight excluding hydrogens is 215 g/mol. The molecule has 0 radical (unpaired) electrons. The lowest BCUT2D eigenvalue weighted by atomic mass is 9.85. The summed E-state index contributed by atoms with van der Waals surface area (Å²) in [7, 11) is 2.01. The van der Waals surface area contributed by atoms with E-state index in [2.05, 4.69) is 4.90 Å². The van der Waals surface area contributed by atoms with Crippen molar-refractivity contribution < 1.29 is 4.39 Å². The molecule has 1 aromatic rings. The lowest BCUT2D eigenvalue weighted by Crippen LogP contribution is -2.29. The largest absolute Gasteiger partial charge is 0.302 e. The molecule has 0 heterocycles. The monoisotopic (exact) mass is 232 g/mol. The molecule has 0 saturated heterocycles. The molecule has 1 aliphatic carbocycles. The third kappa shape index (κ3) is 3.04. The van der Waals surface area contributed by atoms with Crippen LogP contribution in [0.3, 0.4) is 0 Å². The van der Waals surface area contributed by atoms with Crippen molar-refractivity contribution in [2.75, 3.05) is 13.6 Å². The Balaban J connectivity index is 1.99. The predicted octanol–water partition coefficient (Wildman–Crippen LogP) is 2.93. The van der Waals surface area contributed by atoms with Gasteiger partial charge in [-0.1, -0.05) is 6.42 Å². The van der Waals surface area contributed by atoms with Gasteiger partial charge in [0.05, 0.1) is 11.6 Å². The summed E-state index contributed by atoms with van der Waals surface area (Å²) in [6.45, 7) is 1.61. The Kier molecular flexibility index (Phi) is 3.75. The van der Waals surface area contributed by atoms with E-state index in [-0.39, 0.29) is 5.82 Å². The summed E-state index contributed by atoms with van der Waals surface area (Å²) < 4.78 is 13.6. The molecule has 1 aromatic carbocycles. The lowest BCUT2D eigenvalue weighted by molar-refractivity contribution is 0.199. The van der Waals surface area contributed by atoms with Crippen molar-refractivity contribution in [2.24, 2.45) is 5.92 Å². The Morgan fingerprint density at radius 1 is 1.47 bits per heavy atom. The topological polar surface area (TPSA) is 27.0 Å². The Labute approximate surface area is 102 Å². The highest BCUT2D eigenvalue weighted by Gasteiger charge is 2.19. The van der Waals surface area contributed by atoms with E-state index in [1.807, 2.05) is 13.1 Å². The van der Waals surface area contributed by atoms with Crippen LogP contribution in [0.15, 0.2) is 18.2 Å². The van der Waals surface area contributed by atoms with Crippen LogP contribution in [0.1, 0.15) is 30.4 Å². The number of hydrogen-bond acceptors (Lipinski definition) is 2. The van der Waals surface area contributed by atoms with E-state index >= 15 is 0 Å². The van der Waals surface area contributed by atoms with Crippen LogP contribution in [-0.2, 0) is 6.54 Å². The molecule has 1 aliphatic rings. The lowest BCUT2D eigenvalue weighted by Gasteiger charge is -2.30. The smallest absolute Gasteiger partial charge is 0.127 e. The van der Waals surface area contributed by atoms with Gasteiger partial charge >= 0.3 is 0 Å². The van der Waals surface area contributed by atoms with E-state index in [4.69, 9.17) is 5.26 Å². The third-order valence-corrected chi connectivity index (χ3v) is 3.41. The van der Waals surface area contributed by atoms with E-state index in [1.165, 1.54) is 31.4 Å². The molecular formula is C14H17FN2. The fraction of sp³-hybridized carbons (Fsp3) is 0.500. The van der Waals surface area contributed by atoms with Crippen LogP contribution in [0.25, 0.3) is 0 Å². The van der Waals surface area contributed by atoms with Gasteiger partial charge in [-0.05, 0) is 44.0 Å². The average Bonchev–Trinajstić information content (AvgIpc) is 2.27. The fourth-order valence-electron chi connectivity index (χ4n) is 2.24. The molecule has 0 amide bonds. The van der Waals surface area contributed by atoms with Gasteiger partial charge < -0.3 is 4.90 Å². The van der Waals surface area contributed by atoms with Gasteiger partial charge in [0.1, 0.15) is 5.82 Å². The SMILES string of the molecule is CN(Cc1cc(C#N)ccc1F)CC1CCC1. The first-order chi connectivity index (χ1) is 8.19. The van der Waals surface area contributed by atoms with Gasteiger partial charge in [-0.2, -0.15) is 5.26 Å². The molecule has 17 heavy (non-hydrogen) atoms. The highest BCUT2D eigenvalue weighted by Crippen LogP contribution is 2.27. The fourth-order valence-corrected chi connectivity index (χ4v) is 2.24. The second-order valence-corrected chi connectivity index (χ2v) is 4.91. The van der Waals surface area contributed by atoms with Crippen LogP contribution < -0.4 is 0 Å². The maximum atomic E-state index is 13.6. The van der Waals surface area contributed by atoms with E-state index < -0.39 is 0 Å². The Morgan fingerprint density at radius 3 is 2.82 bits per heavy atom. The zero-order chi connectivity index (χ0) is 12.3. The minimum Gasteiger partial charge on any atom is -0.302 e. The maximum Gasteiger partial charge on any atom is 0.127 e. The van der Waals surface area contributed by atoms with Gasteiger partial charge in [-0.25, -0.2) is 4.39 Å². The maximum absolute atomic E-state index is 13.6. The molecule has 0 aromatic heterocycles. The second-order valence-electron chi connectivity index (χ2n) is 4.91. The van der Waals surface area contributed by atoms with Crippen LogP contribution in [0.5, 0.6) is 0 Å². The first-order valence-corrected chi connectivity index (χ1v) is 6.06. The molecule has 2 rings (SSSR count). The van der Waals surface area contributed by atoms with Crippen molar-refractivity contribution in [2.45, 2.75) is 25.8 Å². The molecule has 0 atom stereocenters. The van der Waals surface area contributed by atoms with Gasteiger partial charge in [0.25, 0.3) is 0 Å². The van der Waals surface area contributed by atoms with Gasteiger partial charge in [-0.3, -0.25) is 0 Å². The molecule has 0 aliphatic heterocycles. The van der Waals surface area contributed by atoms with E-state index in [9.17, 15) is 4.39 Å². The summed E-state index contributed by atoms with van der Waals surface area (Å²) >= 11 is 0. The van der Waals surface area contributed by atoms with Crippen LogP contribution in [0.2, 0.25) is 0 Å². The highest BCUT2D eigenvalue weighted by atomic mass is 19.1. The minimum absolute atomic E-state index is 0.218. The minimum atomic E-state index is -0.218. The Hall–Kier alpha value is -1.40. The van der Waals surface area contributed by atoms with Gasteiger partial charge in [0.2, 0.25) is 0 Å². The molecule has 0 unspecified atom stereocenters. The standard InChI is InChI=1S/C14H17FN2/c1-17(9-11-3-2-4-11)10-13-7-12(8-16)5-6-14(13)15/h5-7,11H,2-4,9-10H2,1H3. The number of hydrogen-bond donors (Lipinski definition) is 0. The zero-order valence-corrected chi connectivity index (χ0v) is 10.1. The Bertz CT molecular complexity index is 432. The van der Waals surface area contributed by atoms with Crippen molar-refractivity contribution in [3.63, 3.8) is 0 Å². The quantitative estimate of drug-likeness (QED) is 0.798. The average molecular weight is 232 g/mol. The van der Waals surface area contributed by atoms with Crippen molar-refractivity contribution >= 4 is 0 Å². The molecule has 0 N–H and O–H groups in total. The van der Waals surface area contributed by atoms with Crippen molar-refractivity contribution in [3.8, 4) is 6.07 Å². The van der Waals surface area contributed by atoms with Gasteiger partial charge in [-0.15, -0.1) is 0 Å². The molecule has 1 saturated carbocycles. The number of nitriles is 1. The van der Waals surface area contributed by atoms with E-state index in [0.29, 0.717) is 17.7 Å². The van der Waals surface area contributed by atoms with Gasteiger partial charge in [0.15, 0.2) is 0 Å². The number of benzene rings is 1. The first kappa shape index (κ1) is 12.1. The zero-order valence-electron chi connectivity index (χ0n) is 10.1. The van der Waals surface area contributed by atoms with E-state index in [1.54, 1.807) is 6.07 Å². The first-order valence-electron chi connectivity index (χ1n) is 6.06. The second kappa shape index (κ2) is 5.29. The number of nitrogens with zero attached hydrogens (tertiary/aromatic N) is 2. The summed E-state index contributed by atoms with van der Waals surface area (Å²) in [5.41, 5.74) is 1.14. The molecule has 3 heteroatoms. The summed E-state index contributed by atoms with van der Waals surface area (Å²) in [5, 5.41) is 8.79. The van der Waals surface area contributed by atoms with Crippen LogP contribution in [-0.4, -0.2) is 18.5 Å². The van der Waals surface area contributed by atoms with Crippen LogP contribution in [0.4, 0.5) is 4.39 Å². The van der Waals surface area contributed by atoms with Crippen LogP contribution >= 0.6 is 0 Å². The van der Waals surface area contributed by atoms with Crippen molar-refractivity contribution in [3.05, 3.63) is 35.1 Å². The van der Waals surface area contributed by atoms with Crippen molar-refractivity contribution in [1.29, 1.82) is 5.26 Å². The molecule has 0 bridgehead atoms. The van der Waals surface area contributed by atoms with Crippen molar-refractivity contribution in [1.82, 2.24) is 4.90 Å². The molecule has 0 spiro atoms. The summed E-state index contributed by atoms with van der Waals surface area (Å²) in [5.74, 6) is 0.562. The van der Waals surface area contributed by atoms with Crippen LogP contribution in [0, 0.1) is 23.1 Å². The predicted molar refractivity (Wildman–Crippen MR) is 64.8 cm³/mol. The third-order valence-electron chi connectivity index (χ3n) is 3.41. The Morgan fingerprint density at radius 2 is 2.24 bits per heavy atom. The number of halogens is 1. The normalized spacial score (nSPS) is 15.6. The molecule has 90 valence electrons. The highest BCUT2D eigenvalue weighted by molar-refractivity contribution is 5.33.